The van der Waals surface area contributed by atoms with E-state index in [1.165, 1.54) is 315 Å². The molecule has 0 amide bonds. The number of esters is 3. The molecule has 0 aliphatic heterocycles. The van der Waals surface area contributed by atoms with Gasteiger partial charge in [-0.05, 0) is 51.4 Å². The molecule has 81 heavy (non-hydrogen) atoms. The van der Waals surface area contributed by atoms with E-state index in [0.29, 0.717) is 19.3 Å². The summed E-state index contributed by atoms with van der Waals surface area (Å²) < 4.78 is 16.9. The monoisotopic (exact) mass is 1140 g/mol. The van der Waals surface area contributed by atoms with Crippen LogP contribution in [0.15, 0.2) is 24.3 Å². The SMILES string of the molecule is CCCCCCC/C=C\C/C=C\CCCCCCCCCCCCCCCCCCCC(=O)OCC(COC(=O)CCCCCCCCCC)OC(=O)CCCCCCCCCCCCCCCCCCCCCCCCCCCC. The summed E-state index contributed by atoms with van der Waals surface area (Å²) in [7, 11) is 0. The fraction of sp³-hybridized carbons (Fsp3) is 0.907. The molecule has 0 bridgehead atoms. The van der Waals surface area contributed by atoms with Crippen molar-refractivity contribution in [3.8, 4) is 0 Å². The Labute approximate surface area is 506 Å². The van der Waals surface area contributed by atoms with Crippen LogP contribution in [0.4, 0.5) is 0 Å². The van der Waals surface area contributed by atoms with Gasteiger partial charge in [0.1, 0.15) is 13.2 Å². The lowest BCUT2D eigenvalue weighted by Crippen LogP contribution is -2.30. The molecule has 1 atom stereocenters. The van der Waals surface area contributed by atoms with Crippen LogP contribution in [0.25, 0.3) is 0 Å². The maximum absolute atomic E-state index is 12.9. The van der Waals surface area contributed by atoms with Crippen LogP contribution >= 0.6 is 0 Å². The molecule has 6 nitrogen and oxygen atoms in total. The average Bonchev–Trinajstić information content (AvgIpc) is 3.47. The Bertz CT molecular complexity index is 1310. The molecule has 0 radical (unpaired) electrons. The lowest BCUT2D eigenvalue weighted by molar-refractivity contribution is -0.167. The van der Waals surface area contributed by atoms with Gasteiger partial charge in [0.2, 0.25) is 0 Å². The topological polar surface area (TPSA) is 78.9 Å². The molecule has 0 saturated heterocycles. The molecule has 1 unspecified atom stereocenters. The molecule has 0 fully saturated rings. The second kappa shape index (κ2) is 70.4. The van der Waals surface area contributed by atoms with E-state index in [2.05, 4.69) is 45.1 Å². The highest BCUT2D eigenvalue weighted by Crippen LogP contribution is 2.19. The molecule has 6 heteroatoms. The largest absolute Gasteiger partial charge is 0.462 e. The van der Waals surface area contributed by atoms with E-state index >= 15 is 0 Å². The second-order valence-electron chi connectivity index (χ2n) is 25.2. The van der Waals surface area contributed by atoms with Crippen molar-refractivity contribution >= 4 is 17.9 Å². The van der Waals surface area contributed by atoms with E-state index < -0.39 is 6.10 Å². The highest BCUT2D eigenvalue weighted by Gasteiger charge is 2.20. The maximum atomic E-state index is 12.9. The van der Waals surface area contributed by atoms with Gasteiger partial charge in [0.15, 0.2) is 6.10 Å². The number of carbonyl (C=O) groups is 3. The summed E-state index contributed by atoms with van der Waals surface area (Å²) in [5.41, 5.74) is 0. The van der Waals surface area contributed by atoms with Crippen molar-refractivity contribution in [1.82, 2.24) is 0 Å². The van der Waals surface area contributed by atoms with Crippen LogP contribution in [0.3, 0.4) is 0 Å². The molecular weight excluding hydrogens is 997 g/mol. The molecule has 0 aliphatic carbocycles. The number of ether oxygens (including phenoxy) is 3. The van der Waals surface area contributed by atoms with Crippen LogP contribution in [0, 0.1) is 0 Å². The van der Waals surface area contributed by atoms with E-state index in [1.54, 1.807) is 0 Å². The summed E-state index contributed by atoms with van der Waals surface area (Å²) in [5.74, 6) is -0.836. The molecule has 0 aromatic heterocycles. The van der Waals surface area contributed by atoms with Gasteiger partial charge in [-0.1, -0.05) is 373 Å². The average molecular weight is 1140 g/mol. The number of carbonyl (C=O) groups excluding carboxylic acids is 3. The van der Waals surface area contributed by atoms with Gasteiger partial charge in [0, 0.05) is 19.3 Å². The van der Waals surface area contributed by atoms with E-state index in [0.717, 1.165) is 64.2 Å². The third-order valence-electron chi connectivity index (χ3n) is 17.0. The molecule has 0 aromatic carbocycles. The first-order valence-corrected chi connectivity index (χ1v) is 36.8. The molecular formula is C75H142O6. The molecule has 0 saturated carbocycles. The minimum absolute atomic E-state index is 0.0641. The highest BCUT2D eigenvalue weighted by atomic mass is 16.6. The van der Waals surface area contributed by atoms with Gasteiger partial charge in [0.05, 0.1) is 0 Å². The van der Waals surface area contributed by atoms with Crippen LogP contribution < -0.4 is 0 Å². The first-order chi connectivity index (χ1) is 40.0. The first kappa shape index (κ1) is 78.9. The molecule has 478 valence electrons. The minimum atomic E-state index is -0.765. The van der Waals surface area contributed by atoms with Crippen LogP contribution in [0.5, 0.6) is 0 Å². The van der Waals surface area contributed by atoms with Gasteiger partial charge in [0.25, 0.3) is 0 Å². The predicted octanol–water partition coefficient (Wildman–Crippen LogP) is 25.3. The normalized spacial score (nSPS) is 12.1. The molecule has 0 aromatic rings. The number of rotatable bonds is 69. The Hall–Kier alpha value is -2.11. The van der Waals surface area contributed by atoms with Gasteiger partial charge in [-0.2, -0.15) is 0 Å². The molecule has 0 heterocycles. The van der Waals surface area contributed by atoms with Gasteiger partial charge in [-0.25, -0.2) is 0 Å². The Morgan fingerprint density at radius 2 is 0.444 bits per heavy atom. The van der Waals surface area contributed by atoms with Gasteiger partial charge in [-0.3, -0.25) is 14.4 Å². The number of hydrogen-bond acceptors (Lipinski definition) is 6. The van der Waals surface area contributed by atoms with Crippen LogP contribution in [-0.2, 0) is 28.6 Å². The Balaban J connectivity index is 4.03. The third kappa shape index (κ3) is 68.6. The molecule has 0 aliphatic rings. The van der Waals surface area contributed by atoms with Crippen molar-refractivity contribution in [1.29, 1.82) is 0 Å². The second-order valence-corrected chi connectivity index (χ2v) is 25.2. The zero-order chi connectivity index (χ0) is 58.5. The van der Waals surface area contributed by atoms with E-state index in [-0.39, 0.29) is 31.1 Å². The summed E-state index contributed by atoms with van der Waals surface area (Å²) in [6.07, 6.45) is 86.8. The number of allylic oxidation sites excluding steroid dienone is 4. The van der Waals surface area contributed by atoms with Crippen molar-refractivity contribution in [2.75, 3.05) is 13.2 Å². The number of hydrogen-bond donors (Lipinski definition) is 0. The first-order valence-electron chi connectivity index (χ1n) is 36.8. The Morgan fingerprint density at radius 1 is 0.247 bits per heavy atom. The van der Waals surface area contributed by atoms with E-state index in [1.807, 2.05) is 0 Å². The van der Waals surface area contributed by atoms with Crippen molar-refractivity contribution in [3.63, 3.8) is 0 Å². The maximum Gasteiger partial charge on any atom is 0.306 e. The van der Waals surface area contributed by atoms with Gasteiger partial charge in [-0.15, -0.1) is 0 Å². The molecule has 0 N–H and O–H groups in total. The van der Waals surface area contributed by atoms with Crippen molar-refractivity contribution in [2.24, 2.45) is 0 Å². The third-order valence-corrected chi connectivity index (χ3v) is 17.0. The summed E-state index contributed by atoms with van der Waals surface area (Å²) in [4.78, 5) is 38.3. The van der Waals surface area contributed by atoms with Crippen LogP contribution in [0.2, 0.25) is 0 Å². The molecule has 0 rings (SSSR count). The van der Waals surface area contributed by atoms with Gasteiger partial charge < -0.3 is 14.2 Å². The van der Waals surface area contributed by atoms with Crippen molar-refractivity contribution in [3.05, 3.63) is 24.3 Å². The van der Waals surface area contributed by atoms with E-state index in [9.17, 15) is 14.4 Å². The number of unbranched alkanes of at least 4 members (excludes halogenated alkanes) is 54. The quantitative estimate of drug-likeness (QED) is 0.0261. The summed E-state index contributed by atoms with van der Waals surface area (Å²) in [6, 6.07) is 0. The lowest BCUT2D eigenvalue weighted by Gasteiger charge is -2.18. The van der Waals surface area contributed by atoms with Crippen molar-refractivity contribution in [2.45, 2.75) is 425 Å². The minimum Gasteiger partial charge on any atom is -0.462 e. The Morgan fingerprint density at radius 3 is 0.679 bits per heavy atom. The summed E-state index contributed by atoms with van der Waals surface area (Å²) in [5, 5.41) is 0. The van der Waals surface area contributed by atoms with E-state index in [4.69, 9.17) is 14.2 Å². The zero-order valence-corrected chi connectivity index (χ0v) is 55.1. The standard InChI is InChI=1S/C75H142O6/c1-4-7-10-13-16-19-21-23-25-27-29-31-33-35-37-38-39-41-42-44-46-48-50-52-54-56-59-62-65-68-74(77)80-71-72(70-79-73(76)67-64-61-58-18-15-12-9-6-3)81-75(78)69-66-63-60-57-55-53-51-49-47-45-43-40-36-34-32-30-28-26-24-22-20-17-14-11-8-5-2/h21,23,27,29,72H,4-20,22,24-26,28,30-71H2,1-3H3/b23-21-,29-27-. The van der Waals surface area contributed by atoms with Crippen LogP contribution in [-0.4, -0.2) is 37.2 Å². The zero-order valence-electron chi connectivity index (χ0n) is 55.1. The highest BCUT2D eigenvalue weighted by molar-refractivity contribution is 5.71. The Kier molecular flexibility index (Phi) is 68.5. The predicted molar refractivity (Wildman–Crippen MR) is 353 cm³/mol. The van der Waals surface area contributed by atoms with Gasteiger partial charge >= 0.3 is 17.9 Å². The fourth-order valence-corrected chi connectivity index (χ4v) is 11.4. The fourth-order valence-electron chi connectivity index (χ4n) is 11.4. The van der Waals surface area contributed by atoms with Crippen LogP contribution in [0.1, 0.15) is 419 Å². The summed E-state index contributed by atoms with van der Waals surface area (Å²) >= 11 is 0. The lowest BCUT2D eigenvalue weighted by atomic mass is 10.0. The smallest absolute Gasteiger partial charge is 0.306 e. The molecule has 0 spiro atoms. The summed E-state index contributed by atoms with van der Waals surface area (Å²) in [6.45, 7) is 6.68. The van der Waals surface area contributed by atoms with Crippen molar-refractivity contribution < 1.29 is 28.6 Å².